The van der Waals surface area contributed by atoms with Gasteiger partial charge in [0, 0.05) is 6.20 Å². The van der Waals surface area contributed by atoms with Gasteiger partial charge in [-0.05, 0) is 12.1 Å². The molecule has 9 heavy (non-hydrogen) atoms. The zero-order valence-corrected chi connectivity index (χ0v) is 4.82. The number of rotatable bonds is 2. The van der Waals surface area contributed by atoms with E-state index >= 15 is 0 Å². The number of hydrogen-bond acceptors (Lipinski definition) is 2. The van der Waals surface area contributed by atoms with Crippen molar-refractivity contribution in [2.24, 2.45) is 0 Å². The van der Waals surface area contributed by atoms with Crippen molar-refractivity contribution >= 4 is 12.5 Å². The summed E-state index contributed by atoms with van der Waals surface area (Å²) in [6.45, 7) is 3.49. The SMILES string of the molecule is C=Cc1ccn(C=O)n1. The minimum absolute atomic E-state index is 0.632. The molecule has 1 heterocycles. The summed E-state index contributed by atoms with van der Waals surface area (Å²) in [4.78, 5) is 10.0. The van der Waals surface area contributed by atoms with E-state index in [-0.39, 0.29) is 0 Å². The van der Waals surface area contributed by atoms with Gasteiger partial charge < -0.3 is 0 Å². The fourth-order valence-electron chi connectivity index (χ4n) is 0.520. The second kappa shape index (κ2) is 2.26. The molecule has 0 saturated heterocycles. The molecule has 0 amide bonds. The number of carbonyl (C=O) groups is 1. The number of aromatic nitrogens is 2. The molecule has 0 bridgehead atoms. The van der Waals surface area contributed by atoms with Crippen molar-refractivity contribution in [2.75, 3.05) is 0 Å². The highest BCUT2D eigenvalue weighted by molar-refractivity contribution is 5.52. The first kappa shape index (κ1) is 5.75. The van der Waals surface area contributed by atoms with E-state index in [4.69, 9.17) is 0 Å². The Balaban J connectivity index is 2.98. The highest BCUT2D eigenvalue weighted by Gasteiger charge is 1.89. The van der Waals surface area contributed by atoms with Crippen LogP contribution in [-0.4, -0.2) is 16.2 Å². The van der Waals surface area contributed by atoms with E-state index < -0.39 is 0 Å². The van der Waals surface area contributed by atoms with Crippen LogP contribution in [0.4, 0.5) is 0 Å². The third-order valence-electron chi connectivity index (χ3n) is 0.946. The van der Waals surface area contributed by atoms with E-state index in [9.17, 15) is 4.79 Å². The lowest BCUT2D eigenvalue weighted by molar-refractivity contribution is 0.540. The minimum atomic E-state index is 0.632. The van der Waals surface area contributed by atoms with E-state index in [0.29, 0.717) is 12.1 Å². The van der Waals surface area contributed by atoms with Crippen molar-refractivity contribution in [3.8, 4) is 0 Å². The fraction of sp³-hybridized carbons (Fsp3) is 0. The van der Waals surface area contributed by atoms with Crippen LogP contribution in [0.25, 0.3) is 6.08 Å². The molecule has 0 radical (unpaired) electrons. The molecule has 0 unspecified atom stereocenters. The van der Waals surface area contributed by atoms with E-state index in [2.05, 4.69) is 11.7 Å². The lowest BCUT2D eigenvalue weighted by atomic mass is 10.4. The third-order valence-corrected chi connectivity index (χ3v) is 0.946. The monoisotopic (exact) mass is 122 g/mol. The van der Waals surface area contributed by atoms with Crippen molar-refractivity contribution in [3.05, 3.63) is 24.5 Å². The maximum absolute atomic E-state index is 10.0. The minimum Gasteiger partial charge on any atom is -0.276 e. The van der Waals surface area contributed by atoms with Gasteiger partial charge in [-0.15, -0.1) is 0 Å². The Labute approximate surface area is 52.6 Å². The maximum atomic E-state index is 10.0. The van der Waals surface area contributed by atoms with Gasteiger partial charge in [-0.1, -0.05) is 6.58 Å². The van der Waals surface area contributed by atoms with Crippen LogP contribution < -0.4 is 0 Å². The summed E-state index contributed by atoms with van der Waals surface area (Å²) in [7, 11) is 0. The molecule has 1 aromatic rings. The van der Waals surface area contributed by atoms with Gasteiger partial charge in [0.05, 0.1) is 5.69 Å². The van der Waals surface area contributed by atoms with Crippen LogP contribution >= 0.6 is 0 Å². The molecule has 0 N–H and O–H groups in total. The van der Waals surface area contributed by atoms with Gasteiger partial charge in [-0.25, -0.2) is 4.68 Å². The molecule has 0 aliphatic carbocycles. The standard InChI is InChI=1S/C6H6N2O/c1-2-6-3-4-8(5-9)7-6/h2-5H,1H2. The molecular weight excluding hydrogens is 116 g/mol. The van der Waals surface area contributed by atoms with Crippen molar-refractivity contribution in [3.63, 3.8) is 0 Å². The van der Waals surface area contributed by atoms with Crippen LogP contribution in [0.2, 0.25) is 0 Å². The van der Waals surface area contributed by atoms with Gasteiger partial charge in [-0.2, -0.15) is 5.10 Å². The topological polar surface area (TPSA) is 34.9 Å². The molecule has 0 aliphatic heterocycles. The second-order valence-electron chi connectivity index (χ2n) is 1.53. The van der Waals surface area contributed by atoms with E-state index in [1.165, 1.54) is 4.68 Å². The number of nitrogens with zero attached hydrogens (tertiary/aromatic N) is 2. The van der Waals surface area contributed by atoms with Gasteiger partial charge in [0.1, 0.15) is 0 Å². The fourth-order valence-corrected chi connectivity index (χ4v) is 0.520. The van der Waals surface area contributed by atoms with E-state index in [1.54, 1.807) is 18.3 Å². The summed E-state index contributed by atoms with van der Waals surface area (Å²) in [5.41, 5.74) is 0.710. The predicted molar refractivity (Wildman–Crippen MR) is 34.5 cm³/mol. The first-order chi connectivity index (χ1) is 4.36. The zero-order valence-electron chi connectivity index (χ0n) is 4.82. The summed E-state index contributed by atoms with van der Waals surface area (Å²) in [5, 5.41) is 3.78. The summed E-state index contributed by atoms with van der Waals surface area (Å²) in [5.74, 6) is 0. The molecule has 0 aliphatic rings. The Morgan fingerprint density at radius 1 is 1.78 bits per heavy atom. The van der Waals surface area contributed by atoms with Crippen LogP contribution in [-0.2, 0) is 4.79 Å². The van der Waals surface area contributed by atoms with E-state index in [0.717, 1.165) is 0 Å². The lowest BCUT2D eigenvalue weighted by Gasteiger charge is -1.79. The normalized spacial score (nSPS) is 8.89. The zero-order chi connectivity index (χ0) is 6.69. The van der Waals surface area contributed by atoms with Gasteiger partial charge in [0.2, 0.25) is 6.41 Å². The summed E-state index contributed by atoms with van der Waals surface area (Å²) in [6.07, 6.45) is 3.79. The number of hydrogen-bond donors (Lipinski definition) is 0. The Kier molecular flexibility index (Phi) is 1.44. The number of carbonyl (C=O) groups excluding carboxylic acids is 1. The summed E-state index contributed by atoms with van der Waals surface area (Å²) in [6, 6.07) is 1.71. The maximum Gasteiger partial charge on any atom is 0.234 e. The van der Waals surface area contributed by atoms with Crippen LogP contribution in [0.1, 0.15) is 5.69 Å². The molecule has 3 heteroatoms. The highest BCUT2D eigenvalue weighted by atomic mass is 16.1. The quantitative estimate of drug-likeness (QED) is 0.537. The van der Waals surface area contributed by atoms with Gasteiger partial charge in [-0.3, -0.25) is 4.79 Å². The average molecular weight is 122 g/mol. The summed E-state index contributed by atoms with van der Waals surface area (Å²) >= 11 is 0. The molecule has 0 atom stereocenters. The van der Waals surface area contributed by atoms with E-state index in [1.807, 2.05) is 0 Å². The largest absolute Gasteiger partial charge is 0.276 e. The second-order valence-corrected chi connectivity index (χ2v) is 1.53. The lowest BCUT2D eigenvalue weighted by Crippen LogP contribution is -1.93. The third kappa shape index (κ3) is 1.05. The highest BCUT2D eigenvalue weighted by Crippen LogP contribution is 1.93. The van der Waals surface area contributed by atoms with Gasteiger partial charge in [0.15, 0.2) is 0 Å². The van der Waals surface area contributed by atoms with Crippen LogP contribution in [0.3, 0.4) is 0 Å². The van der Waals surface area contributed by atoms with Crippen molar-refractivity contribution in [1.82, 2.24) is 9.78 Å². The van der Waals surface area contributed by atoms with Gasteiger partial charge in [0.25, 0.3) is 0 Å². The van der Waals surface area contributed by atoms with Crippen LogP contribution in [0.5, 0.6) is 0 Å². The van der Waals surface area contributed by atoms with Crippen molar-refractivity contribution in [2.45, 2.75) is 0 Å². The average Bonchev–Trinajstić information content (AvgIpc) is 2.34. The Hall–Kier alpha value is -1.38. The van der Waals surface area contributed by atoms with Crippen LogP contribution in [0, 0.1) is 0 Å². The molecule has 0 spiro atoms. The van der Waals surface area contributed by atoms with Crippen LogP contribution in [0.15, 0.2) is 18.8 Å². The molecule has 0 fully saturated rings. The Bertz CT molecular complexity index is 204. The molecule has 1 aromatic heterocycles. The Morgan fingerprint density at radius 3 is 2.89 bits per heavy atom. The molecule has 3 nitrogen and oxygen atoms in total. The molecule has 1 rings (SSSR count). The molecule has 0 saturated carbocycles. The van der Waals surface area contributed by atoms with Crippen molar-refractivity contribution in [1.29, 1.82) is 0 Å². The van der Waals surface area contributed by atoms with Crippen molar-refractivity contribution < 1.29 is 4.79 Å². The molecule has 46 valence electrons. The van der Waals surface area contributed by atoms with Gasteiger partial charge >= 0.3 is 0 Å². The molecule has 0 aromatic carbocycles. The Morgan fingerprint density at radius 2 is 2.56 bits per heavy atom. The predicted octanol–water partition coefficient (Wildman–Crippen LogP) is 0.564. The smallest absolute Gasteiger partial charge is 0.234 e. The molecular formula is C6H6N2O. The first-order valence-electron chi connectivity index (χ1n) is 2.49. The summed E-state index contributed by atoms with van der Waals surface area (Å²) < 4.78 is 1.19. The first-order valence-corrected chi connectivity index (χ1v) is 2.49.